The van der Waals surface area contributed by atoms with Crippen molar-refractivity contribution < 1.29 is 23.8 Å². The summed E-state index contributed by atoms with van der Waals surface area (Å²) in [6.45, 7) is 10.9. The highest BCUT2D eigenvalue weighted by atomic mass is 19.1. The largest absolute Gasteiger partial charge is 0.502 e. The van der Waals surface area contributed by atoms with Crippen LogP contribution in [-0.4, -0.2) is 24.3 Å². The van der Waals surface area contributed by atoms with Gasteiger partial charge in [-0.3, -0.25) is 4.79 Å². The lowest BCUT2D eigenvalue weighted by Gasteiger charge is -2.40. The number of phenols is 1. The van der Waals surface area contributed by atoms with Gasteiger partial charge in [0.25, 0.3) is 0 Å². The van der Waals surface area contributed by atoms with Crippen LogP contribution in [0.2, 0.25) is 0 Å². The zero-order valence-corrected chi connectivity index (χ0v) is 16.0. The maximum atomic E-state index is 13.7. The maximum absolute atomic E-state index is 13.7. The third-order valence-corrected chi connectivity index (χ3v) is 6.46. The van der Waals surface area contributed by atoms with Gasteiger partial charge in [0.05, 0.1) is 7.11 Å². The summed E-state index contributed by atoms with van der Waals surface area (Å²) >= 11 is 0. The molecule has 0 amide bonds. The molecule has 1 aromatic carbocycles. The van der Waals surface area contributed by atoms with Gasteiger partial charge < -0.3 is 14.6 Å². The molecule has 0 bridgehead atoms. The summed E-state index contributed by atoms with van der Waals surface area (Å²) in [6, 6.07) is 2.76. The van der Waals surface area contributed by atoms with Crippen LogP contribution in [-0.2, 0) is 16.0 Å². The lowest BCUT2D eigenvalue weighted by atomic mass is 9.67. The van der Waals surface area contributed by atoms with Crippen molar-refractivity contribution in [3.63, 3.8) is 0 Å². The number of benzene rings is 1. The number of ether oxygens (including phenoxy) is 2. The number of carbonyl (C=O) groups excluding carboxylic acids is 1. The van der Waals surface area contributed by atoms with Crippen molar-refractivity contribution in [1.82, 2.24) is 0 Å². The molecule has 25 heavy (non-hydrogen) atoms. The second-order valence-corrected chi connectivity index (χ2v) is 8.19. The topological polar surface area (TPSA) is 55.8 Å². The number of hydrogen-bond donors (Lipinski definition) is 1. The van der Waals surface area contributed by atoms with Crippen LogP contribution in [0, 0.1) is 22.6 Å². The predicted molar refractivity (Wildman–Crippen MR) is 94.2 cm³/mol. The molecule has 140 valence electrons. The molecule has 0 aromatic heterocycles. The van der Waals surface area contributed by atoms with Crippen LogP contribution in [0.1, 0.15) is 53.0 Å². The van der Waals surface area contributed by atoms with Crippen LogP contribution in [0.5, 0.6) is 11.5 Å². The van der Waals surface area contributed by atoms with Crippen molar-refractivity contribution in [3.05, 3.63) is 23.5 Å². The fraction of sp³-hybridized carbons (Fsp3) is 0.650. The first-order valence-electron chi connectivity index (χ1n) is 8.75. The van der Waals surface area contributed by atoms with E-state index in [0.717, 1.165) is 6.42 Å². The normalized spacial score (nSPS) is 24.1. The lowest BCUT2D eigenvalue weighted by Crippen LogP contribution is -2.38. The third kappa shape index (κ3) is 3.60. The predicted octanol–water partition coefficient (Wildman–Crippen LogP) is 4.48. The minimum atomic E-state index is -0.754. The van der Waals surface area contributed by atoms with Crippen LogP contribution in [0.25, 0.3) is 0 Å². The number of phenolic OH excluding ortho intramolecular Hbond substituents is 1. The van der Waals surface area contributed by atoms with Crippen LogP contribution in [0.4, 0.5) is 4.39 Å². The maximum Gasteiger partial charge on any atom is 0.306 e. The van der Waals surface area contributed by atoms with Gasteiger partial charge in [-0.1, -0.05) is 34.6 Å². The minimum absolute atomic E-state index is 0.0656. The van der Waals surface area contributed by atoms with Crippen LogP contribution >= 0.6 is 0 Å². The summed E-state index contributed by atoms with van der Waals surface area (Å²) in [5.74, 6) is -1.02. The number of carbonyl (C=O) groups is 1. The standard InChI is InChI=1S/C20H29FO4/c1-12-9-16(20(4,5)19(12,2)3)25-17(22)8-7-13-10-14(21)18(23)15(11-13)24-6/h10-12,16,23H,7-9H2,1-6H3/t12-,16+/m1/s1. The number of aryl methyl sites for hydroxylation is 1. The van der Waals surface area contributed by atoms with Gasteiger partial charge in [0.15, 0.2) is 17.3 Å². The molecule has 0 heterocycles. The zero-order valence-electron chi connectivity index (χ0n) is 16.0. The fourth-order valence-electron chi connectivity index (χ4n) is 3.55. The lowest BCUT2D eigenvalue weighted by molar-refractivity contribution is -0.155. The molecule has 1 saturated carbocycles. The smallest absolute Gasteiger partial charge is 0.306 e. The van der Waals surface area contributed by atoms with E-state index in [-0.39, 0.29) is 35.1 Å². The Labute approximate surface area is 149 Å². The number of methoxy groups -OCH3 is 1. The van der Waals surface area contributed by atoms with Gasteiger partial charge in [0.2, 0.25) is 0 Å². The molecule has 4 nitrogen and oxygen atoms in total. The summed E-state index contributed by atoms with van der Waals surface area (Å²) < 4.78 is 24.4. The number of aromatic hydroxyl groups is 1. The Bertz CT molecular complexity index is 651. The highest BCUT2D eigenvalue weighted by molar-refractivity contribution is 5.70. The second kappa shape index (κ2) is 6.85. The first-order valence-corrected chi connectivity index (χ1v) is 8.75. The number of rotatable bonds is 5. The zero-order chi connectivity index (χ0) is 19.0. The van der Waals surface area contributed by atoms with E-state index >= 15 is 0 Å². The van der Waals surface area contributed by atoms with Gasteiger partial charge >= 0.3 is 5.97 Å². The summed E-state index contributed by atoms with van der Waals surface area (Å²) in [6.07, 6.45) is 1.23. The van der Waals surface area contributed by atoms with E-state index in [9.17, 15) is 14.3 Å². The molecule has 5 heteroatoms. The number of hydrogen-bond acceptors (Lipinski definition) is 4. The summed E-state index contributed by atoms with van der Waals surface area (Å²) in [7, 11) is 1.36. The van der Waals surface area contributed by atoms with E-state index in [1.165, 1.54) is 19.2 Å². The second-order valence-electron chi connectivity index (χ2n) is 8.19. The molecule has 0 radical (unpaired) electrons. The molecule has 0 aliphatic heterocycles. The van der Waals surface area contributed by atoms with Gasteiger partial charge in [0, 0.05) is 11.8 Å². The van der Waals surface area contributed by atoms with Crippen molar-refractivity contribution in [1.29, 1.82) is 0 Å². The SMILES string of the molecule is COc1cc(CCC(=O)O[C@H]2C[C@@H](C)C(C)(C)C2(C)C)cc(F)c1O. The van der Waals surface area contributed by atoms with Gasteiger partial charge in [-0.15, -0.1) is 0 Å². The van der Waals surface area contributed by atoms with Crippen molar-refractivity contribution in [2.45, 2.75) is 60.0 Å². The van der Waals surface area contributed by atoms with Crippen molar-refractivity contribution in [2.24, 2.45) is 16.7 Å². The molecule has 1 aliphatic carbocycles. The number of esters is 1. The molecule has 2 rings (SSSR count). The van der Waals surface area contributed by atoms with Crippen molar-refractivity contribution >= 4 is 5.97 Å². The molecule has 0 spiro atoms. The average Bonchev–Trinajstić information content (AvgIpc) is 2.68. The molecule has 0 unspecified atom stereocenters. The molecular formula is C20H29FO4. The van der Waals surface area contributed by atoms with Crippen LogP contribution in [0.15, 0.2) is 12.1 Å². The Kier molecular flexibility index (Phi) is 5.35. The van der Waals surface area contributed by atoms with Crippen molar-refractivity contribution in [3.8, 4) is 11.5 Å². The minimum Gasteiger partial charge on any atom is -0.502 e. The number of halogens is 1. The van der Waals surface area contributed by atoms with Crippen LogP contribution in [0.3, 0.4) is 0 Å². The van der Waals surface area contributed by atoms with Gasteiger partial charge in [-0.2, -0.15) is 0 Å². The third-order valence-electron chi connectivity index (χ3n) is 6.46. The Morgan fingerprint density at radius 3 is 2.44 bits per heavy atom. The molecule has 1 aromatic rings. The molecule has 1 fully saturated rings. The van der Waals surface area contributed by atoms with Crippen molar-refractivity contribution in [2.75, 3.05) is 7.11 Å². The highest BCUT2D eigenvalue weighted by Gasteiger charge is 2.54. The summed E-state index contributed by atoms with van der Waals surface area (Å²) in [5.41, 5.74) is 0.574. The average molecular weight is 352 g/mol. The van der Waals surface area contributed by atoms with E-state index in [1.54, 1.807) is 0 Å². The highest BCUT2D eigenvalue weighted by Crippen LogP contribution is 2.56. The van der Waals surface area contributed by atoms with Gasteiger partial charge in [-0.25, -0.2) is 4.39 Å². The fourth-order valence-corrected chi connectivity index (χ4v) is 3.55. The first kappa shape index (κ1) is 19.5. The molecule has 0 saturated heterocycles. The van der Waals surface area contributed by atoms with Crippen LogP contribution < -0.4 is 4.74 Å². The van der Waals surface area contributed by atoms with E-state index in [4.69, 9.17) is 9.47 Å². The Hall–Kier alpha value is -1.78. The molecule has 2 atom stereocenters. The van der Waals surface area contributed by atoms with E-state index in [1.807, 2.05) is 0 Å². The molecular weight excluding hydrogens is 323 g/mol. The molecule has 1 aliphatic rings. The quantitative estimate of drug-likeness (QED) is 0.794. The van der Waals surface area contributed by atoms with Gasteiger partial charge in [-0.05, 0) is 41.9 Å². The van der Waals surface area contributed by atoms with E-state index in [2.05, 4.69) is 34.6 Å². The Balaban J connectivity index is 1.99. The summed E-state index contributed by atoms with van der Waals surface area (Å²) in [4.78, 5) is 12.3. The monoisotopic (exact) mass is 352 g/mol. The molecule has 1 N–H and O–H groups in total. The summed E-state index contributed by atoms with van der Waals surface area (Å²) in [5, 5.41) is 9.53. The first-order chi connectivity index (χ1) is 11.5. The Morgan fingerprint density at radius 2 is 1.92 bits per heavy atom. The van der Waals surface area contributed by atoms with E-state index < -0.39 is 11.6 Å². The van der Waals surface area contributed by atoms with E-state index in [0.29, 0.717) is 17.9 Å². The Morgan fingerprint density at radius 1 is 1.28 bits per heavy atom. The van der Waals surface area contributed by atoms with Gasteiger partial charge in [0.1, 0.15) is 6.10 Å².